The molecule has 0 aliphatic heterocycles. The SMILES string of the molecule is C=CC(=O)OCCCCCCCCCCCCCCCCCCCCCCCOC(=O)C(=C)C. The Hall–Kier alpha value is -1.58. The lowest BCUT2D eigenvalue weighted by molar-refractivity contribution is -0.139. The molecule has 0 heterocycles. The maximum atomic E-state index is 11.3. The highest BCUT2D eigenvalue weighted by Gasteiger charge is 2.02. The van der Waals surface area contributed by atoms with E-state index in [-0.39, 0.29) is 11.9 Å². The highest BCUT2D eigenvalue weighted by molar-refractivity contribution is 5.86. The van der Waals surface area contributed by atoms with Gasteiger partial charge in [-0.25, -0.2) is 9.59 Å². The quantitative estimate of drug-likeness (QED) is 0.0707. The third kappa shape index (κ3) is 25.1. The molecule has 0 atom stereocenters. The molecule has 0 fully saturated rings. The van der Waals surface area contributed by atoms with Crippen LogP contribution in [0.3, 0.4) is 0 Å². The van der Waals surface area contributed by atoms with Crippen molar-refractivity contribution in [2.24, 2.45) is 0 Å². The van der Waals surface area contributed by atoms with E-state index in [0.29, 0.717) is 18.8 Å². The minimum absolute atomic E-state index is 0.262. The first-order chi connectivity index (χ1) is 16.6. The van der Waals surface area contributed by atoms with Gasteiger partial charge < -0.3 is 9.47 Å². The lowest BCUT2D eigenvalue weighted by Crippen LogP contribution is -2.05. The van der Waals surface area contributed by atoms with E-state index in [4.69, 9.17) is 9.47 Å². The van der Waals surface area contributed by atoms with E-state index in [1.54, 1.807) is 6.92 Å². The zero-order valence-electron chi connectivity index (χ0n) is 22.4. The summed E-state index contributed by atoms with van der Waals surface area (Å²) in [5.41, 5.74) is 0.484. The number of ether oxygens (including phenoxy) is 2. The standard InChI is InChI=1S/C30H54O4/c1-4-29(31)33-26-24-22-20-18-16-14-12-10-8-6-5-7-9-11-13-15-17-19-21-23-25-27-34-30(32)28(2)3/h4H,1-2,5-27H2,3H3. The molecule has 0 aliphatic rings. The summed E-state index contributed by atoms with van der Waals surface area (Å²) in [6.07, 6.45) is 28.6. The number of hydrogen-bond acceptors (Lipinski definition) is 4. The average molecular weight is 479 g/mol. The van der Waals surface area contributed by atoms with Gasteiger partial charge in [-0.1, -0.05) is 135 Å². The maximum Gasteiger partial charge on any atom is 0.333 e. The highest BCUT2D eigenvalue weighted by Crippen LogP contribution is 2.15. The van der Waals surface area contributed by atoms with E-state index >= 15 is 0 Å². The number of rotatable bonds is 26. The van der Waals surface area contributed by atoms with Crippen molar-refractivity contribution in [1.29, 1.82) is 0 Å². The van der Waals surface area contributed by atoms with Gasteiger partial charge in [0, 0.05) is 11.6 Å². The van der Waals surface area contributed by atoms with Crippen molar-refractivity contribution in [3.8, 4) is 0 Å². The summed E-state index contributed by atoms with van der Waals surface area (Å²) < 4.78 is 10.1. The Bertz CT molecular complexity index is 512. The Labute approximate surface area is 210 Å². The van der Waals surface area contributed by atoms with Crippen LogP contribution in [0.25, 0.3) is 0 Å². The number of hydrogen-bond donors (Lipinski definition) is 0. The van der Waals surface area contributed by atoms with Gasteiger partial charge in [-0.05, 0) is 19.8 Å². The topological polar surface area (TPSA) is 52.6 Å². The minimum atomic E-state index is -0.309. The molecule has 0 amide bonds. The predicted octanol–water partition coefficient (Wildman–Crippen LogP) is 9.03. The molecule has 0 bridgehead atoms. The summed E-state index contributed by atoms with van der Waals surface area (Å²) in [4.78, 5) is 22.2. The normalized spacial score (nSPS) is 10.7. The first-order valence-corrected chi connectivity index (χ1v) is 14.2. The van der Waals surface area contributed by atoms with Gasteiger partial charge in [-0.2, -0.15) is 0 Å². The van der Waals surface area contributed by atoms with Gasteiger partial charge in [0.15, 0.2) is 0 Å². The molecule has 0 saturated carbocycles. The van der Waals surface area contributed by atoms with Crippen LogP contribution in [0.5, 0.6) is 0 Å². The Balaban J connectivity index is 3.09. The minimum Gasteiger partial charge on any atom is -0.463 e. The van der Waals surface area contributed by atoms with Crippen LogP contribution in [0.1, 0.15) is 142 Å². The molecule has 4 nitrogen and oxygen atoms in total. The molecule has 0 aliphatic carbocycles. The summed E-state index contributed by atoms with van der Waals surface area (Å²) in [6.45, 7) is 9.73. The van der Waals surface area contributed by atoms with Gasteiger partial charge >= 0.3 is 11.9 Å². The van der Waals surface area contributed by atoms with E-state index in [9.17, 15) is 9.59 Å². The molecular weight excluding hydrogens is 424 g/mol. The van der Waals surface area contributed by atoms with Crippen LogP contribution in [-0.4, -0.2) is 25.2 Å². The smallest absolute Gasteiger partial charge is 0.333 e. The van der Waals surface area contributed by atoms with Crippen molar-refractivity contribution in [2.75, 3.05) is 13.2 Å². The average Bonchev–Trinajstić information content (AvgIpc) is 2.83. The molecule has 0 rings (SSSR count). The molecule has 0 aromatic heterocycles. The lowest BCUT2D eigenvalue weighted by Gasteiger charge is -2.05. The Morgan fingerprint density at radius 1 is 0.529 bits per heavy atom. The number of carbonyl (C=O) groups is 2. The monoisotopic (exact) mass is 478 g/mol. The van der Waals surface area contributed by atoms with Crippen molar-refractivity contribution in [3.05, 3.63) is 24.8 Å². The van der Waals surface area contributed by atoms with Crippen LogP contribution < -0.4 is 0 Å². The molecule has 0 spiro atoms. The van der Waals surface area contributed by atoms with Gasteiger partial charge in [0.2, 0.25) is 0 Å². The summed E-state index contributed by atoms with van der Waals surface area (Å²) in [5.74, 6) is -0.571. The van der Waals surface area contributed by atoms with E-state index in [0.717, 1.165) is 25.7 Å². The van der Waals surface area contributed by atoms with Crippen LogP contribution in [-0.2, 0) is 19.1 Å². The second-order valence-electron chi connectivity index (χ2n) is 9.71. The van der Waals surface area contributed by atoms with Crippen molar-refractivity contribution in [2.45, 2.75) is 142 Å². The van der Waals surface area contributed by atoms with E-state index < -0.39 is 0 Å². The van der Waals surface area contributed by atoms with Crippen molar-refractivity contribution in [1.82, 2.24) is 0 Å². The summed E-state index contributed by atoms with van der Waals surface area (Å²) in [6, 6.07) is 0. The predicted molar refractivity (Wildman–Crippen MR) is 144 cm³/mol. The molecule has 0 unspecified atom stereocenters. The second kappa shape index (κ2) is 26.0. The molecule has 0 saturated heterocycles. The number of carbonyl (C=O) groups excluding carboxylic acids is 2. The first-order valence-electron chi connectivity index (χ1n) is 14.2. The van der Waals surface area contributed by atoms with Crippen LogP contribution >= 0.6 is 0 Å². The molecule has 0 N–H and O–H groups in total. The van der Waals surface area contributed by atoms with Gasteiger partial charge in [-0.3, -0.25) is 0 Å². The number of esters is 2. The zero-order valence-corrected chi connectivity index (χ0v) is 22.4. The Kier molecular flexibility index (Phi) is 24.8. The molecule has 4 heteroatoms. The molecule has 0 radical (unpaired) electrons. The third-order valence-corrected chi connectivity index (χ3v) is 6.28. The second-order valence-corrected chi connectivity index (χ2v) is 9.71. The van der Waals surface area contributed by atoms with E-state index in [2.05, 4.69) is 13.2 Å². The maximum absolute atomic E-state index is 11.3. The molecule has 198 valence electrons. The zero-order chi connectivity index (χ0) is 25.1. The van der Waals surface area contributed by atoms with Crippen LogP contribution in [0.4, 0.5) is 0 Å². The van der Waals surface area contributed by atoms with E-state index in [1.807, 2.05) is 0 Å². The van der Waals surface area contributed by atoms with Crippen LogP contribution in [0.15, 0.2) is 24.8 Å². The molecule has 0 aromatic rings. The van der Waals surface area contributed by atoms with Crippen molar-refractivity contribution >= 4 is 11.9 Å². The van der Waals surface area contributed by atoms with Gasteiger partial charge in [-0.15, -0.1) is 0 Å². The van der Waals surface area contributed by atoms with Crippen LogP contribution in [0.2, 0.25) is 0 Å². The summed E-state index contributed by atoms with van der Waals surface area (Å²) in [7, 11) is 0. The van der Waals surface area contributed by atoms with Gasteiger partial charge in [0.1, 0.15) is 0 Å². The fraction of sp³-hybridized carbons (Fsp3) is 0.800. The van der Waals surface area contributed by atoms with Crippen molar-refractivity contribution in [3.63, 3.8) is 0 Å². The third-order valence-electron chi connectivity index (χ3n) is 6.28. The molecule has 0 aromatic carbocycles. The fourth-order valence-corrected chi connectivity index (χ4v) is 4.08. The first kappa shape index (κ1) is 32.4. The highest BCUT2D eigenvalue weighted by atomic mass is 16.5. The number of unbranched alkanes of at least 4 members (excludes halogenated alkanes) is 20. The van der Waals surface area contributed by atoms with Gasteiger partial charge in [0.05, 0.1) is 13.2 Å². The fourth-order valence-electron chi connectivity index (χ4n) is 4.08. The van der Waals surface area contributed by atoms with E-state index in [1.165, 1.54) is 115 Å². The molecule has 34 heavy (non-hydrogen) atoms. The summed E-state index contributed by atoms with van der Waals surface area (Å²) in [5, 5.41) is 0. The Morgan fingerprint density at radius 2 is 0.794 bits per heavy atom. The Morgan fingerprint density at radius 3 is 1.06 bits per heavy atom. The van der Waals surface area contributed by atoms with Crippen molar-refractivity contribution < 1.29 is 19.1 Å². The summed E-state index contributed by atoms with van der Waals surface area (Å²) >= 11 is 0. The lowest BCUT2D eigenvalue weighted by atomic mass is 10.0. The largest absolute Gasteiger partial charge is 0.463 e. The van der Waals surface area contributed by atoms with Crippen LogP contribution in [0, 0.1) is 0 Å². The van der Waals surface area contributed by atoms with Gasteiger partial charge in [0.25, 0.3) is 0 Å². The molecular formula is C30H54O4.